The summed E-state index contributed by atoms with van der Waals surface area (Å²) in [6.07, 6.45) is 1.61. The Balaban J connectivity index is 2.53. The van der Waals surface area contributed by atoms with Crippen molar-refractivity contribution in [2.24, 2.45) is 5.73 Å². The van der Waals surface area contributed by atoms with Crippen LogP contribution in [0.5, 0.6) is 0 Å². The molecule has 0 aliphatic rings. The van der Waals surface area contributed by atoms with Crippen LogP contribution in [0.15, 0.2) is 30.5 Å². The van der Waals surface area contributed by atoms with E-state index < -0.39 is 11.9 Å². The minimum absolute atomic E-state index is 0.0557. The van der Waals surface area contributed by atoms with Crippen LogP contribution in [0.4, 0.5) is 0 Å². The number of rotatable bonds is 4. The molecule has 0 spiro atoms. The number of fused-ring (bicyclic) bond motifs is 1. The van der Waals surface area contributed by atoms with Gasteiger partial charge < -0.3 is 15.4 Å². The molecule has 2 aromatic rings. The molecule has 5 heteroatoms. The van der Waals surface area contributed by atoms with E-state index in [2.05, 4.69) is 0 Å². The molecule has 2 rings (SSSR count). The highest BCUT2D eigenvalue weighted by Gasteiger charge is 2.11. The first-order valence-electron chi connectivity index (χ1n) is 5.15. The third-order valence-corrected chi connectivity index (χ3v) is 2.54. The lowest BCUT2D eigenvalue weighted by atomic mass is 10.1. The van der Waals surface area contributed by atoms with Crippen molar-refractivity contribution in [3.8, 4) is 0 Å². The average molecular weight is 232 g/mol. The molecule has 1 heterocycles. The molecule has 0 aliphatic carbocycles. The summed E-state index contributed by atoms with van der Waals surface area (Å²) in [5, 5.41) is 9.66. The molecule has 0 saturated heterocycles. The van der Waals surface area contributed by atoms with Crippen molar-refractivity contribution in [3.63, 3.8) is 0 Å². The monoisotopic (exact) mass is 232 g/mol. The molecule has 17 heavy (non-hydrogen) atoms. The van der Waals surface area contributed by atoms with Crippen LogP contribution in [-0.2, 0) is 22.6 Å². The highest BCUT2D eigenvalue weighted by atomic mass is 16.4. The largest absolute Gasteiger partial charge is 0.481 e. The molecular weight excluding hydrogens is 220 g/mol. The number of hydrogen-bond donors (Lipinski definition) is 2. The van der Waals surface area contributed by atoms with Gasteiger partial charge in [0.05, 0.1) is 6.42 Å². The van der Waals surface area contributed by atoms with E-state index in [1.807, 2.05) is 24.3 Å². The molecule has 1 amide bonds. The number of carboxylic acid groups (broad SMARTS) is 1. The third kappa shape index (κ3) is 2.28. The van der Waals surface area contributed by atoms with Crippen molar-refractivity contribution in [2.75, 3.05) is 0 Å². The molecule has 0 fully saturated rings. The van der Waals surface area contributed by atoms with Crippen molar-refractivity contribution in [1.29, 1.82) is 0 Å². The van der Waals surface area contributed by atoms with E-state index in [-0.39, 0.29) is 13.0 Å². The quantitative estimate of drug-likeness (QED) is 0.815. The number of carbonyl (C=O) groups excluding carboxylic acids is 1. The number of hydrogen-bond acceptors (Lipinski definition) is 2. The summed E-state index contributed by atoms with van der Waals surface area (Å²) in [4.78, 5) is 21.7. The maximum absolute atomic E-state index is 10.9. The number of carboxylic acids is 1. The van der Waals surface area contributed by atoms with E-state index >= 15 is 0 Å². The topological polar surface area (TPSA) is 85.3 Å². The second kappa shape index (κ2) is 4.29. The molecule has 1 aromatic carbocycles. The highest BCUT2D eigenvalue weighted by molar-refractivity contribution is 5.88. The first-order chi connectivity index (χ1) is 8.08. The maximum Gasteiger partial charge on any atom is 0.307 e. The van der Waals surface area contributed by atoms with Gasteiger partial charge in [0.15, 0.2) is 0 Å². The highest BCUT2D eigenvalue weighted by Crippen LogP contribution is 2.21. The Morgan fingerprint density at radius 2 is 2.00 bits per heavy atom. The number of primary amides is 1. The second-order valence-electron chi connectivity index (χ2n) is 3.84. The Hall–Kier alpha value is -2.30. The number of aromatic nitrogens is 1. The number of nitrogens with two attached hydrogens (primary N) is 1. The van der Waals surface area contributed by atoms with Gasteiger partial charge >= 0.3 is 5.97 Å². The van der Waals surface area contributed by atoms with E-state index in [1.54, 1.807) is 10.8 Å². The SMILES string of the molecule is NC(=O)Cn1cc(CC(=O)O)c2ccccc21. The van der Waals surface area contributed by atoms with Crippen molar-refractivity contribution in [2.45, 2.75) is 13.0 Å². The van der Waals surface area contributed by atoms with Gasteiger partial charge in [0.2, 0.25) is 5.91 Å². The summed E-state index contributed by atoms with van der Waals surface area (Å²) >= 11 is 0. The molecule has 0 aliphatic heterocycles. The number of carbonyl (C=O) groups is 2. The predicted molar refractivity (Wildman–Crippen MR) is 62.5 cm³/mol. The molecule has 0 saturated carbocycles. The molecule has 5 nitrogen and oxygen atoms in total. The summed E-state index contributed by atoms with van der Waals surface area (Å²) in [5.74, 6) is -1.35. The van der Waals surface area contributed by atoms with Crippen LogP contribution in [0.1, 0.15) is 5.56 Å². The van der Waals surface area contributed by atoms with Gasteiger partial charge in [-0.1, -0.05) is 18.2 Å². The van der Waals surface area contributed by atoms with E-state index in [4.69, 9.17) is 10.8 Å². The Labute approximate surface area is 97.4 Å². The maximum atomic E-state index is 10.9. The zero-order chi connectivity index (χ0) is 12.4. The summed E-state index contributed by atoms with van der Waals surface area (Å²) < 4.78 is 1.68. The normalized spacial score (nSPS) is 10.6. The third-order valence-electron chi connectivity index (χ3n) is 2.54. The Morgan fingerprint density at radius 3 is 2.65 bits per heavy atom. The Bertz CT molecular complexity index is 536. The van der Waals surface area contributed by atoms with Gasteiger partial charge in [0, 0.05) is 17.1 Å². The van der Waals surface area contributed by atoms with Crippen LogP contribution in [0.3, 0.4) is 0 Å². The lowest BCUT2D eigenvalue weighted by Crippen LogP contribution is -2.17. The van der Waals surface area contributed by atoms with Crippen LogP contribution < -0.4 is 5.73 Å². The van der Waals surface area contributed by atoms with Crippen LogP contribution in [0.2, 0.25) is 0 Å². The van der Waals surface area contributed by atoms with Crippen molar-refractivity contribution in [1.82, 2.24) is 4.57 Å². The molecule has 0 unspecified atom stereocenters. The fraction of sp³-hybridized carbons (Fsp3) is 0.167. The first kappa shape index (κ1) is 11.2. The molecule has 3 N–H and O–H groups in total. The van der Waals surface area contributed by atoms with Gasteiger partial charge in [0.1, 0.15) is 6.54 Å². The van der Waals surface area contributed by atoms with Gasteiger partial charge in [-0.2, -0.15) is 0 Å². The summed E-state index contributed by atoms with van der Waals surface area (Å²) in [7, 11) is 0. The lowest BCUT2D eigenvalue weighted by molar-refractivity contribution is -0.136. The molecule has 88 valence electrons. The molecule has 0 atom stereocenters. The lowest BCUT2D eigenvalue weighted by Gasteiger charge is -2.00. The summed E-state index contributed by atoms with van der Waals surface area (Å²) in [6, 6.07) is 7.35. The molecule has 1 aromatic heterocycles. The van der Waals surface area contributed by atoms with Gasteiger partial charge in [-0.05, 0) is 11.6 Å². The van der Waals surface area contributed by atoms with Crippen LogP contribution in [-0.4, -0.2) is 21.6 Å². The number of benzene rings is 1. The average Bonchev–Trinajstić information content (AvgIpc) is 2.56. The number of aliphatic carboxylic acids is 1. The summed E-state index contributed by atoms with van der Waals surface area (Å²) in [6.45, 7) is 0.0557. The Kier molecular flexibility index (Phi) is 2.82. The zero-order valence-electron chi connectivity index (χ0n) is 9.09. The first-order valence-corrected chi connectivity index (χ1v) is 5.15. The van der Waals surface area contributed by atoms with E-state index in [0.717, 1.165) is 10.9 Å². The van der Waals surface area contributed by atoms with Crippen LogP contribution >= 0.6 is 0 Å². The predicted octanol–water partition coefficient (Wildman–Crippen LogP) is 0.754. The van der Waals surface area contributed by atoms with Gasteiger partial charge in [-0.25, -0.2) is 0 Å². The van der Waals surface area contributed by atoms with Crippen LogP contribution in [0, 0.1) is 0 Å². The minimum atomic E-state index is -0.896. The molecular formula is C12H12N2O3. The van der Waals surface area contributed by atoms with Gasteiger partial charge in [-0.15, -0.1) is 0 Å². The smallest absolute Gasteiger partial charge is 0.307 e. The molecule has 0 bridgehead atoms. The van der Waals surface area contributed by atoms with E-state index in [0.29, 0.717) is 5.56 Å². The molecule has 0 radical (unpaired) electrons. The Morgan fingerprint density at radius 1 is 1.29 bits per heavy atom. The zero-order valence-corrected chi connectivity index (χ0v) is 9.09. The van der Waals surface area contributed by atoms with E-state index in [1.165, 1.54) is 0 Å². The number of para-hydroxylation sites is 1. The minimum Gasteiger partial charge on any atom is -0.481 e. The van der Waals surface area contributed by atoms with E-state index in [9.17, 15) is 9.59 Å². The second-order valence-corrected chi connectivity index (χ2v) is 3.84. The van der Waals surface area contributed by atoms with Gasteiger partial charge in [0.25, 0.3) is 0 Å². The number of amides is 1. The fourth-order valence-electron chi connectivity index (χ4n) is 1.93. The van der Waals surface area contributed by atoms with Crippen molar-refractivity contribution < 1.29 is 14.7 Å². The van der Waals surface area contributed by atoms with Crippen molar-refractivity contribution in [3.05, 3.63) is 36.0 Å². The van der Waals surface area contributed by atoms with Crippen molar-refractivity contribution >= 4 is 22.8 Å². The van der Waals surface area contributed by atoms with Crippen LogP contribution in [0.25, 0.3) is 10.9 Å². The number of nitrogens with zero attached hydrogens (tertiary/aromatic N) is 1. The standard InChI is InChI=1S/C12H12N2O3/c13-11(15)7-14-6-8(5-12(16)17)9-3-1-2-4-10(9)14/h1-4,6H,5,7H2,(H2,13,15)(H,16,17). The summed E-state index contributed by atoms with van der Waals surface area (Å²) in [5.41, 5.74) is 6.66. The van der Waals surface area contributed by atoms with Gasteiger partial charge in [-0.3, -0.25) is 9.59 Å². The fourth-order valence-corrected chi connectivity index (χ4v) is 1.93.